The molecule has 1 N–H and O–H groups in total. The first-order valence-corrected chi connectivity index (χ1v) is 13.6. The number of piperidine rings is 1. The Kier molecular flexibility index (Phi) is 7.82. The van der Waals surface area contributed by atoms with E-state index in [2.05, 4.69) is 0 Å². The van der Waals surface area contributed by atoms with Crippen molar-refractivity contribution in [1.29, 1.82) is 0 Å². The van der Waals surface area contributed by atoms with E-state index in [1.54, 1.807) is 32.4 Å². The summed E-state index contributed by atoms with van der Waals surface area (Å²) in [5.74, 6) is 0.397. The summed E-state index contributed by atoms with van der Waals surface area (Å²) in [4.78, 5) is 1.83. The minimum atomic E-state index is -0.480. The van der Waals surface area contributed by atoms with Crippen molar-refractivity contribution in [3.63, 3.8) is 0 Å². The molecule has 2 aliphatic carbocycles. The van der Waals surface area contributed by atoms with Crippen molar-refractivity contribution in [3.05, 3.63) is 58.7 Å². The van der Waals surface area contributed by atoms with Crippen molar-refractivity contribution in [2.75, 3.05) is 32.2 Å². The van der Waals surface area contributed by atoms with E-state index in [1.807, 2.05) is 17.0 Å². The summed E-state index contributed by atoms with van der Waals surface area (Å²) in [5, 5.41) is 10.1. The van der Waals surface area contributed by atoms with Gasteiger partial charge in [-0.25, -0.2) is 8.78 Å². The summed E-state index contributed by atoms with van der Waals surface area (Å²) in [6.07, 6.45) is 9.27. The Morgan fingerprint density at radius 1 is 0.889 bits per heavy atom. The molecule has 1 heterocycles. The highest BCUT2D eigenvalue weighted by Crippen LogP contribution is 2.49. The molecule has 0 amide bonds. The summed E-state index contributed by atoms with van der Waals surface area (Å²) < 4.78 is 42.2. The number of hydrogen-bond acceptors (Lipinski definition) is 4. The van der Waals surface area contributed by atoms with Gasteiger partial charge in [-0.15, -0.1) is 0 Å². The first kappa shape index (κ1) is 25.5. The molecule has 6 heteroatoms. The average Bonchev–Trinajstić information content (AvgIpc) is 2.89. The van der Waals surface area contributed by atoms with Crippen LogP contribution >= 0.6 is 0 Å². The summed E-state index contributed by atoms with van der Waals surface area (Å²) >= 11 is 0. The molecule has 2 atom stereocenters. The van der Waals surface area contributed by atoms with Crippen LogP contribution < -0.4 is 4.90 Å². The minimum Gasteiger partial charge on any atom is -0.508 e. The van der Waals surface area contributed by atoms with Crippen molar-refractivity contribution in [2.24, 2.45) is 17.8 Å². The first-order chi connectivity index (χ1) is 17.5. The quantitative estimate of drug-likeness (QED) is 0.445. The Bertz CT molecular complexity index is 1020. The molecule has 196 valence electrons. The van der Waals surface area contributed by atoms with Crippen molar-refractivity contribution < 1.29 is 23.4 Å². The third-order valence-corrected chi connectivity index (χ3v) is 9.00. The van der Waals surface area contributed by atoms with Gasteiger partial charge in [0.25, 0.3) is 0 Å². The Morgan fingerprint density at radius 2 is 1.56 bits per heavy atom. The van der Waals surface area contributed by atoms with Crippen molar-refractivity contribution in [3.8, 4) is 5.75 Å². The number of methoxy groups -OCH3 is 2. The van der Waals surface area contributed by atoms with E-state index >= 15 is 8.78 Å². The lowest BCUT2D eigenvalue weighted by Gasteiger charge is -2.41. The topological polar surface area (TPSA) is 41.9 Å². The first-order valence-electron chi connectivity index (χ1n) is 13.6. The zero-order valence-corrected chi connectivity index (χ0v) is 21.5. The number of phenols is 1. The summed E-state index contributed by atoms with van der Waals surface area (Å²) in [7, 11) is 3.26. The molecule has 1 aliphatic heterocycles. The van der Waals surface area contributed by atoms with Crippen LogP contribution in [0.25, 0.3) is 0 Å². The maximum atomic E-state index is 15.7. The van der Waals surface area contributed by atoms with Crippen LogP contribution in [0.2, 0.25) is 0 Å². The largest absolute Gasteiger partial charge is 0.508 e. The van der Waals surface area contributed by atoms with E-state index in [0.717, 1.165) is 42.4 Å². The van der Waals surface area contributed by atoms with Gasteiger partial charge in [0.2, 0.25) is 0 Å². The number of phenolic OH excluding ortho intramolecular Hbond substituents is 1. The van der Waals surface area contributed by atoms with Crippen LogP contribution in [0.5, 0.6) is 5.75 Å². The highest BCUT2D eigenvalue weighted by atomic mass is 19.1. The molecule has 2 fully saturated rings. The lowest BCUT2D eigenvalue weighted by atomic mass is 9.64. The smallest absolute Gasteiger partial charge is 0.159 e. The number of ether oxygens (including phenoxy) is 2. The van der Waals surface area contributed by atoms with Crippen LogP contribution in [0, 0.1) is 29.4 Å². The van der Waals surface area contributed by atoms with Crippen molar-refractivity contribution >= 4 is 5.69 Å². The number of aryl methyl sites for hydroxylation is 1. The highest BCUT2D eigenvalue weighted by Gasteiger charge is 2.38. The van der Waals surface area contributed by atoms with Gasteiger partial charge in [0.15, 0.2) is 6.29 Å². The van der Waals surface area contributed by atoms with E-state index in [0.29, 0.717) is 24.9 Å². The molecule has 2 unspecified atom stereocenters. The van der Waals surface area contributed by atoms with Crippen LogP contribution in [-0.2, 0) is 15.9 Å². The Balaban J connectivity index is 1.45. The second kappa shape index (κ2) is 11.1. The second-order valence-electron chi connectivity index (χ2n) is 11.0. The van der Waals surface area contributed by atoms with Crippen LogP contribution in [-0.4, -0.2) is 38.7 Å². The van der Waals surface area contributed by atoms with Crippen LogP contribution in [0.3, 0.4) is 0 Å². The normalized spacial score (nSPS) is 23.8. The maximum absolute atomic E-state index is 15.7. The second-order valence-corrected chi connectivity index (χ2v) is 11.0. The number of anilines is 1. The molecular formula is C30H39F2NO3. The number of hydrogen-bond donors (Lipinski definition) is 1. The van der Waals surface area contributed by atoms with Crippen molar-refractivity contribution in [2.45, 2.75) is 70.0 Å². The lowest BCUT2D eigenvalue weighted by molar-refractivity contribution is -0.141. The van der Waals surface area contributed by atoms with Crippen LogP contribution in [0.1, 0.15) is 74.0 Å². The number of aromatic hydroxyl groups is 1. The van der Waals surface area contributed by atoms with E-state index in [4.69, 9.17) is 9.47 Å². The predicted molar refractivity (Wildman–Crippen MR) is 137 cm³/mol. The van der Waals surface area contributed by atoms with Gasteiger partial charge in [0, 0.05) is 39.1 Å². The Hall–Kier alpha value is -2.18. The fourth-order valence-electron chi connectivity index (χ4n) is 7.27. The van der Waals surface area contributed by atoms with E-state index in [-0.39, 0.29) is 29.6 Å². The van der Waals surface area contributed by atoms with Gasteiger partial charge in [-0.1, -0.05) is 38.2 Å². The van der Waals surface area contributed by atoms with Gasteiger partial charge in [0.1, 0.15) is 23.1 Å². The summed E-state index contributed by atoms with van der Waals surface area (Å²) in [5.41, 5.74) is 3.03. The Labute approximate surface area is 213 Å². The molecule has 1 saturated heterocycles. The monoisotopic (exact) mass is 499 g/mol. The fraction of sp³-hybridized carbons (Fsp3) is 0.600. The molecule has 3 aliphatic rings. The number of nitrogens with zero attached hydrogens (tertiary/aromatic N) is 1. The van der Waals surface area contributed by atoms with Crippen LogP contribution in [0.4, 0.5) is 14.5 Å². The molecule has 2 aromatic rings. The predicted octanol–water partition coefficient (Wildman–Crippen LogP) is 6.78. The van der Waals surface area contributed by atoms with Gasteiger partial charge in [-0.2, -0.15) is 0 Å². The van der Waals surface area contributed by atoms with Gasteiger partial charge < -0.3 is 19.5 Å². The average molecular weight is 500 g/mol. The number of halogens is 2. The SMILES string of the molecule is COC(OC)C1CCN(c2c(F)cc(C3c4ccc(O)cc4CCC3C3CCCCC3)cc2F)CC1. The van der Waals surface area contributed by atoms with E-state index in [9.17, 15) is 5.11 Å². The molecule has 5 rings (SSSR count). The minimum absolute atomic E-state index is 0.0506. The zero-order chi connectivity index (χ0) is 25.2. The molecule has 4 nitrogen and oxygen atoms in total. The number of benzene rings is 2. The van der Waals surface area contributed by atoms with Crippen molar-refractivity contribution in [1.82, 2.24) is 0 Å². The van der Waals surface area contributed by atoms with E-state index < -0.39 is 11.6 Å². The molecule has 0 aromatic heterocycles. The third kappa shape index (κ3) is 4.99. The van der Waals surface area contributed by atoms with E-state index in [1.165, 1.54) is 32.1 Å². The Morgan fingerprint density at radius 3 is 2.19 bits per heavy atom. The molecule has 36 heavy (non-hydrogen) atoms. The number of rotatable bonds is 6. The highest BCUT2D eigenvalue weighted by molar-refractivity contribution is 5.54. The molecule has 2 aromatic carbocycles. The number of fused-ring (bicyclic) bond motifs is 1. The maximum Gasteiger partial charge on any atom is 0.159 e. The summed E-state index contributed by atoms with van der Waals surface area (Å²) in [6, 6.07) is 8.69. The lowest BCUT2D eigenvalue weighted by Crippen LogP contribution is -2.39. The van der Waals surface area contributed by atoms with Crippen LogP contribution in [0.15, 0.2) is 30.3 Å². The van der Waals surface area contributed by atoms with Gasteiger partial charge >= 0.3 is 0 Å². The van der Waals surface area contributed by atoms with Gasteiger partial charge in [0.05, 0.1) is 0 Å². The molecule has 0 radical (unpaired) electrons. The molecule has 0 bridgehead atoms. The van der Waals surface area contributed by atoms with Gasteiger partial charge in [-0.05, 0) is 78.5 Å². The summed E-state index contributed by atoms with van der Waals surface area (Å²) in [6.45, 7) is 1.13. The molecule has 1 saturated carbocycles. The standard InChI is InChI=1S/C30H39F2NO3/c1-35-30(36-2)20-12-14-33(15-13-20)29-26(31)17-22(18-27(29)32)28-24(19-6-4-3-5-7-19)10-8-21-16-23(34)9-11-25(21)28/h9,11,16-20,24,28,30,34H,3-8,10,12-15H2,1-2H3. The molecule has 0 spiro atoms. The van der Waals surface area contributed by atoms with Gasteiger partial charge in [-0.3, -0.25) is 0 Å². The fourth-order valence-corrected chi connectivity index (χ4v) is 7.27. The zero-order valence-electron chi connectivity index (χ0n) is 21.5. The third-order valence-electron chi connectivity index (χ3n) is 9.00. The molecular weight excluding hydrogens is 460 g/mol.